The summed E-state index contributed by atoms with van der Waals surface area (Å²) in [6.45, 7) is 3.69. The lowest BCUT2D eigenvalue weighted by atomic mass is 9.87. The molecule has 1 aliphatic carbocycles. The van der Waals surface area contributed by atoms with Crippen LogP contribution in [0.15, 0.2) is 0 Å². The number of ether oxygens (including phenoxy) is 1. The molecule has 1 aromatic rings. The van der Waals surface area contributed by atoms with Gasteiger partial charge in [-0.2, -0.15) is 15.0 Å². The first kappa shape index (κ1) is 14.8. The van der Waals surface area contributed by atoms with E-state index in [9.17, 15) is 0 Å². The number of hydrogen-bond acceptors (Lipinski definition) is 6. The lowest BCUT2D eigenvalue weighted by Gasteiger charge is -2.21. The molecule has 0 atom stereocenters. The molecular weight excluding hydrogens is 254 g/mol. The van der Waals surface area contributed by atoms with Crippen molar-refractivity contribution >= 4 is 11.9 Å². The maximum atomic E-state index is 5.10. The van der Waals surface area contributed by atoms with Crippen LogP contribution < -0.4 is 15.4 Å². The standard InChI is InChI=1S/C14H25N5O/c1-3-15-12-17-13(19-14(18-12)20-2)16-10-9-11-7-5-4-6-8-11/h11H,3-10H2,1-2H3,(H2,15,16,17,18,19). The minimum Gasteiger partial charge on any atom is -0.467 e. The van der Waals surface area contributed by atoms with Crippen molar-refractivity contribution in [2.24, 2.45) is 5.92 Å². The van der Waals surface area contributed by atoms with E-state index in [0.717, 1.165) is 19.0 Å². The average molecular weight is 279 g/mol. The Morgan fingerprint density at radius 3 is 2.40 bits per heavy atom. The van der Waals surface area contributed by atoms with Gasteiger partial charge >= 0.3 is 6.01 Å². The van der Waals surface area contributed by atoms with Crippen LogP contribution in [0.2, 0.25) is 0 Å². The van der Waals surface area contributed by atoms with Crippen LogP contribution in [0.1, 0.15) is 45.4 Å². The molecule has 112 valence electrons. The van der Waals surface area contributed by atoms with Gasteiger partial charge in [0.25, 0.3) is 0 Å². The average Bonchev–Trinajstić information content (AvgIpc) is 2.48. The van der Waals surface area contributed by atoms with Gasteiger partial charge in [0.1, 0.15) is 0 Å². The largest absolute Gasteiger partial charge is 0.467 e. The van der Waals surface area contributed by atoms with Crippen LogP contribution in [0.5, 0.6) is 6.01 Å². The molecule has 0 saturated heterocycles. The molecule has 6 heteroatoms. The van der Waals surface area contributed by atoms with Crippen molar-refractivity contribution in [3.63, 3.8) is 0 Å². The van der Waals surface area contributed by atoms with Crippen molar-refractivity contribution in [1.29, 1.82) is 0 Å². The van der Waals surface area contributed by atoms with Gasteiger partial charge in [-0.15, -0.1) is 0 Å². The lowest BCUT2D eigenvalue weighted by molar-refractivity contribution is 0.345. The second-order valence-corrected chi connectivity index (χ2v) is 5.22. The highest BCUT2D eigenvalue weighted by Gasteiger charge is 2.13. The van der Waals surface area contributed by atoms with Gasteiger partial charge < -0.3 is 15.4 Å². The SMILES string of the molecule is CCNc1nc(NCCC2CCCCC2)nc(OC)n1. The third kappa shape index (κ3) is 4.51. The van der Waals surface area contributed by atoms with Gasteiger partial charge in [-0.05, 0) is 19.3 Å². The van der Waals surface area contributed by atoms with Crippen molar-refractivity contribution in [2.75, 3.05) is 30.8 Å². The predicted molar refractivity (Wildman–Crippen MR) is 80.2 cm³/mol. The summed E-state index contributed by atoms with van der Waals surface area (Å²) in [4.78, 5) is 12.7. The van der Waals surface area contributed by atoms with E-state index < -0.39 is 0 Å². The molecule has 0 unspecified atom stereocenters. The molecule has 20 heavy (non-hydrogen) atoms. The smallest absolute Gasteiger partial charge is 0.322 e. The molecule has 1 saturated carbocycles. The van der Waals surface area contributed by atoms with Crippen LogP contribution >= 0.6 is 0 Å². The summed E-state index contributed by atoms with van der Waals surface area (Å²) in [7, 11) is 1.57. The highest BCUT2D eigenvalue weighted by atomic mass is 16.5. The predicted octanol–water partition coefficient (Wildman–Crippen LogP) is 2.69. The molecule has 2 N–H and O–H groups in total. The minimum atomic E-state index is 0.344. The Balaban J connectivity index is 1.85. The monoisotopic (exact) mass is 279 g/mol. The van der Waals surface area contributed by atoms with Gasteiger partial charge in [-0.1, -0.05) is 32.1 Å². The quantitative estimate of drug-likeness (QED) is 0.799. The van der Waals surface area contributed by atoms with E-state index in [1.807, 2.05) is 6.92 Å². The maximum absolute atomic E-state index is 5.10. The van der Waals surface area contributed by atoms with Gasteiger partial charge in [-0.3, -0.25) is 0 Å². The molecule has 0 bridgehead atoms. The van der Waals surface area contributed by atoms with Crippen LogP contribution in [-0.2, 0) is 0 Å². The van der Waals surface area contributed by atoms with E-state index in [1.165, 1.54) is 38.5 Å². The first-order valence-corrected chi connectivity index (χ1v) is 7.59. The van der Waals surface area contributed by atoms with Gasteiger partial charge in [0.2, 0.25) is 11.9 Å². The van der Waals surface area contributed by atoms with Gasteiger partial charge in [0.05, 0.1) is 7.11 Å². The van der Waals surface area contributed by atoms with Crippen molar-refractivity contribution < 1.29 is 4.74 Å². The summed E-state index contributed by atoms with van der Waals surface area (Å²) in [5.74, 6) is 2.00. The maximum Gasteiger partial charge on any atom is 0.322 e. The zero-order chi connectivity index (χ0) is 14.2. The Morgan fingerprint density at radius 2 is 1.75 bits per heavy atom. The molecule has 0 spiro atoms. The molecule has 1 fully saturated rings. The van der Waals surface area contributed by atoms with Gasteiger partial charge in [0.15, 0.2) is 0 Å². The third-order valence-corrected chi connectivity index (χ3v) is 3.69. The van der Waals surface area contributed by atoms with E-state index in [0.29, 0.717) is 17.9 Å². The molecule has 1 aliphatic rings. The summed E-state index contributed by atoms with van der Waals surface area (Å²) in [6, 6.07) is 0.344. The summed E-state index contributed by atoms with van der Waals surface area (Å²) in [5.41, 5.74) is 0. The van der Waals surface area contributed by atoms with E-state index >= 15 is 0 Å². The van der Waals surface area contributed by atoms with Crippen LogP contribution in [0, 0.1) is 5.92 Å². The summed E-state index contributed by atoms with van der Waals surface area (Å²) in [6.07, 6.45) is 8.09. The Bertz CT molecular complexity index is 407. The Hall–Kier alpha value is -1.59. The van der Waals surface area contributed by atoms with E-state index in [2.05, 4.69) is 25.6 Å². The number of anilines is 2. The second kappa shape index (κ2) is 7.87. The lowest BCUT2D eigenvalue weighted by Crippen LogP contribution is -2.14. The van der Waals surface area contributed by atoms with E-state index in [4.69, 9.17) is 4.74 Å². The van der Waals surface area contributed by atoms with Crippen LogP contribution in [0.25, 0.3) is 0 Å². The summed E-state index contributed by atoms with van der Waals surface area (Å²) in [5, 5.41) is 6.36. The second-order valence-electron chi connectivity index (χ2n) is 5.22. The number of rotatable bonds is 7. The van der Waals surface area contributed by atoms with Crippen molar-refractivity contribution in [1.82, 2.24) is 15.0 Å². The zero-order valence-corrected chi connectivity index (χ0v) is 12.5. The Morgan fingerprint density at radius 1 is 1.05 bits per heavy atom. The molecular formula is C14H25N5O. The number of hydrogen-bond donors (Lipinski definition) is 2. The number of aromatic nitrogens is 3. The number of methoxy groups -OCH3 is 1. The van der Waals surface area contributed by atoms with E-state index in [-0.39, 0.29) is 0 Å². The van der Waals surface area contributed by atoms with Gasteiger partial charge in [-0.25, -0.2) is 0 Å². The Kier molecular flexibility index (Phi) is 5.83. The topological polar surface area (TPSA) is 72.0 Å². The molecule has 0 aliphatic heterocycles. The molecule has 6 nitrogen and oxygen atoms in total. The van der Waals surface area contributed by atoms with Crippen molar-refractivity contribution in [2.45, 2.75) is 45.4 Å². The fourth-order valence-electron chi connectivity index (χ4n) is 2.63. The van der Waals surface area contributed by atoms with E-state index in [1.54, 1.807) is 7.11 Å². The summed E-state index contributed by atoms with van der Waals surface area (Å²) >= 11 is 0. The highest BCUT2D eigenvalue weighted by molar-refractivity contribution is 5.35. The highest BCUT2D eigenvalue weighted by Crippen LogP contribution is 2.26. The van der Waals surface area contributed by atoms with Gasteiger partial charge in [0, 0.05) is 13.1 Å². The molecule has 1 heterocycles. The van der Waals surface area contributed by atoms with Crippen molar-refractivity contribution in [3.05, 3.63) is 0 Å². The van der Waals surface area contributed by atoms with Crippen LogP contribution in [0.4, 0.5) is 11.9 Å². The first-order valence-electron chi connectivity index (χ1n) is 7.59. The summed E-state index contributed by atoms with van der Waals surface area (Å²) < 4.78 is 5.10. The Labute approximate surface area is 120 Å². The fraction of sp³-hybridized carbons (Fsp3) is 0.786. The minimum absolute atomic E-state index is 0.344. The molecule has 2 rings (SSSR count). The van der Waals surface area contributed by atoms with Crippen LogP contribution in [-0.4, -0.2) is 35.2 Å². The fourth-order valence-corrected chi connectivity index (χ4v) is 2.63. The number of nitrogens with zero attached hydrogens (tertiary/aromatic N) is 3. The van der Waals surface area contributed by atoms with Crippen molar-refractivity contribution in [3.8, 4) is 6.01 Å². The molecule has 0 amide bonds. The molecule has 0 radical (unpaired) electrons. The normalized spacial score (nSPS) is 15.9. The number of nitrogens with one attached hydrogen (secondary N) is 2. The molecule has 1 aromatic heterocycles. The zero-order valence-electron chi connectivity index (χ0n) is 12.5. The molecule has 0 aromatic carbocycles. The van der Waals surface area contributed by atoms with Crippen LogP contribution in [0.3, 0.4) is 0 Å². The first-order chi connectivity index (χ1) is 9.81. The third-order valence-electron chi connectivity index (χ3n) is 3.69.